The van der Waals surface area contributed by atoms with Crippen molar-refractivity contribution < 1.29 is 0 Å². The molecule has 4 heteroatoms. The molecular formula is C16H14ClN3. The predicted octanol–water partition coefficient (Wildman–Crippen LogP) is 3.96. The van der Waals surface area contributed by atoms with Gasteiger partial charge in [-0.2, -0.15) is 0 Å². The van der Waals surface area contributed by atoms with Crippen molar-refractivity contribution >= 4 is 11.6 Å². The molecule has 0 saturated heterocycles. The van der Waals surface area contributed by atoms with E-state index in [2.05, 4.69) is 17.2 Å². The summed E-state index contributed by atoms with van der Waals surface area (Å²) in [7, 11) is 0. The summed E-state index contributed by atoms with van der Waals surface area (Å²) < 4.78 is 1.71. The van der Waals surface area contributed by atoms with E-state index < -0.39 is 0 Å². The van der Waals surface area contributed by atoms with Crippen LogP contribution in [0, 0.1) is 6.92 Å². The van der Waals surface area contributed by atoms with E-state index in [1.165, 1.54) is 5.56 Å². The van der Waals surface area contributed by atoms with Gasteiger partial charge >= 0.3 is 0 Å². The molecule has 0 spiro atoms. The first-order valence-electron chi connectivity index (χ1n) is 6.44. The molecule has 0 aliphatic rings. The Kier molecular flexibility index (Phi) is 3.52. The van der Waals surface area contributed by atoms with E-state index in [4.69, 9.17) is 11.6 Å². The zero-order valence-corrected chi connectivity index (χ0v) is 11.9. The molecule has 3 rings (SSSR count). The van der Waals surface area contributed by atoms with Crippen LogP contribution in [0.3, 0.4) is 0 Å². The number of nitrogens with zero attached hydrogens (tertiary/aromatic N) is 3. The quantitative estimate of drug-likeness (QED) is 0.728. The molecule has 0 fully saturated rings. The van der Waals surface area contributed by atoms with Gasteiger partial charge in [-0.25, -0.2) is 4.68 Å². The van der Waals surface area contributed by atoms with E-state index in [1.807, 2.05) is 54.6 Å². The maximum Gasteiger partial charge on any atom is 0.155 e. The van der Waals surface area contributed by atoms with Crippen molar-refractivity contribution in [1.29, 1.82) is 0 Å². The number of aromatic nitrogens is 3. The highest BCUT2D eigenvalue weighted by atomic mass is 35.5. The Balaban J connectivity index is 1.91. The second-order valence-corrected chi connectivity index (χ2v) is 5.10. The standard InChI is InChI=1S/C16H14ClN3/c1-12-7-9-14(10-8-12)15-16(17)20(19-18-15)11-13-5-3-2-4-6-13/h2-10H,11H2,1H3. The minimum atomic E-state index is 0.567. The van der Waals surface area contributed by atoms with Crippen LogP contribution in [0.2, 0.25) is 5.15 Å². The fraction of sp³-hybridized carbons (Fsp3) is 0.125. The van der Waals surface area contributed by atoms with Crippen molar-refractivity contribution in [2.24, 2.45) is 0 Å². The number of halogens is 1. The summed E-state index contributed by atoms with van der Waals surface area (Å²) >= 11 is 6.39. The summed E-state index contributed by atoms with van der Waals surface area (Å²) in [5.74, 6) is 0. The van der Waals surface area contributed by atoms with Crippen LogP contribution in [0.5, 0.6) is 0 Å². The van der Waals surface area contributed by atoms with E-state index in [1.54, 1.807) is 4.68 Å². The van der Waals surface area contributed by atoms with Crippen LogP contribution in [-0.2, 0) is 6.54 Å². The Morgan fingerprint density at radius 1 is 1.00 bits per heavy atom. The van der Waals surface area contributed by atoms with Gasteiger partial charge in [0, 0.05) is 5.56 Å². The fourth-order valence-corrected chi connectivity index (χ4v) is 2.29. The fourth-order valence-electron chi connectivity index (χ4n) is 2.05. The highest BCUT2D eigenvalue weighted by Crippen LogP contribution is 2.25. The lowest BCUT2D eigenvalue weighted by molar-refractivity contribution is 0.650. The molecule has 0 aliphatic heterocycles. The van der Waals surface area contributed by atoms with Crippen molar-refractivity contribution in [1.82, 2.24) is 15.0 Å². The molecule has 0 saturated carbocycles. The molecule has 0 bridgehead atoms. The maximum absolute atomic E-state index is 6.39. The first-order chi connectivity index (χ1) is 9.74. The number of benzene rings is 2. The second-order valence-electron chi connectivity index (χ2n) is 4.74. The summed E-state index contributed by atoms with van der Waals surface area (Å²) in [6, 6.07) is 18.2. The highest BCUT2D eigenvalue weighted by Gasteiger charge is 2.12. The van der Waals surface area contributed by atoms with Gasteiger partial charge in [0.2, 0.25) is 0 Å². The molecule has 3 nitrogen and oxygen atoms in total. The summed E-state index contributed by atoms with van der Waals surface area (Å²) in [6.07, 6.45) is 0. The Bertz CT molecular complexity index is 702. The monoisotopic (exact) mass is 283 g/mol. The number of rotatable bonds is 3. The predicted molar refractivity (Wildman–Crippen MR) is 80.7 cm³/mol. The topological polar surface area (TPSA) is 30.7 Å². The smallest absolute Gasteiger partial charge is 0.155 e. The van der Waals surface area contributed by atoms with E-state index in [0.29, 0.717) is 11.7 Å². The lowest BCUT2D eigenvalue weighted by atomic mass is 10.1. The summed E-state index contributed by atoms with van der Waals surface area (Å²) in [5, 5.41) is 8.90. The zero-order chi connectivity index (χ0) is 13.9. The Labute approximate surface area is 122 Å². The molecule has 20 heavy (non-hydrogen) atoms. The van der Waals surface area contributed by atoms with Gasteiger partial charge in [0.25, 0.3) is 0 Å². The van der Waals surface area contributed by atoms with E-state index in [0.717, 1.165) is 16.8 Å². The average molecular weight is 284 g/mol. The van der Waals surface area contributed by atoms with Crippen LogP contribution in [0.15, 0.2) is 54.6 Å². The van der Waals surface area contributed by atoms with Gasteiger partial charge in [-0.1, -0.05) is 77.0 Å². The van der Waals surface area contributed by atoms with Crippen molar-refractivity contribution in [3.8, 4) is 11.3 Å². The summed E-state index contributed by atoms with van der Waals surface area (Å²) in [6.45, 7) is 2.68. The molecule has 100 valence electrons. The van der Waals surface area contributed by atoms with Crippen LogP contribution in [0.4, 0.5) is 0 Å². The Hall–Kier alpha value is -2.13. The SMILES string of the molecule is Cc1ccc(-c2nnn(Cc3ccccc3)c2Cl)cc1. The van der Waals surface area contributed by atoms with Crippen LogP contribution in [0.1, 0.15) is 11.1 Å². The zero-order valence-electron chi connectivity index (χ0n) is 11.1. The molecule has 0 unspecified atom stereocenters. The van der Waals surface area contributed by atoms with Gasteiger partial charge in [0.15, 0.2) is 5.15 Å². The van der Waals surface area contributed by atoms with Gasteiger partial charge in [-0.3, -0.25) is 0 Å². The second kappa shape index (κ2) is 5.47. The largest absolute Gasteiger partial charge is 0.229 e. The third-order valence-electron chi connectivity index (χ3n) is 3.17. The first kappa shape index (κ1) is 12.9. The van der Waals surface area contributed by atoms with Crippen molar-refractivity contribution in [3.63, 3.8) is 0 Å². The minimum absolute atomic E-state index is 0.567. The lowest BCUT2D eigenvalue weighted by Crippen LogP contribution is -2.01. The highest BCUT2D eigenvalue weighted by molar-refractivity contribution is 6.32. The number of hydrogen-bond acceptors (Lipinski definition) is 2. The van der Waals surface area contributed by atoms with E-state index in [-0.39, 0.29) is 0 Å². The van der Waals surface area contributed by atoms with Crippen LogP contribution in [-0.4, -0.2) is 15.0 Å². The van der Waals surface area contributed by atoms with E-state index in [9.17, 15) is 0 Å². The molecule has 1 heterocycles. The van der Waals surface area contributed by atoms with Crippen LogP contribution >= 0.6 is 11.6 Å². The molecule has 0 radical (unpaired) electrons. The Morgan fingerprint density at radius 2 is 1.70 bits per heavy atom. The minimum Gasteiger partial charge on any atom is -0.229 e. The van der Waals surface area contributed by atoms with Gasteiger partial charge < -0.3 is 0 Å². The molecule has 0 N–H and O–H groups in total. The lowest BCUT2D eigenvalue weighted by Gasteiger charge is -2.03. The van der Waals surface area contributed by atoms with Crippen molar-refractivity contribution in [2.75, 3.05) is 0 Å². The third kappa shape index (κ3) is 2.58. The number of aryl methyl sites for hydroxylation is 1. The molecule has 0 atom stereocenters. The van der Waals surface area contributed by atoms with Crippen LogP contribution < -0.4 is 0 Å². The molecule has 0 amide bonds. The molecule has 1 aromatic heterocycles. The summed E-state index contributed by atoms with van der Waals surface area (Å²) in [5.41, 5.74) is 4.07. The van der Waals surface area contributed by atoms with Gasteiger partial charge in [-0.15, -0.1) is 5.10 Å². The summed E-state index contributed by atoms with van der Waals surface area (Å²) in [4.78, 5) is 0. The molecule has 0 aliphatic carbocycles. The van der Waals surface area contributed by atoms with Crippen molar-refractivity contribution in [3.05, 3.63) is 70.9 Å². The van der Waals surface area contributed by atoms with Gasteiger partial charge in [-0.05, 0) is 12.5 Å². The molecule has 2 aromatic carbocycles. The molecule has 3 aromatic rings. The normalized spacial score (nSPS) is 10.7. The molecular weight excluding hydrogens is 270 g/mol. The first-order valence-corrected chi connectivity index (χ1v) is 6.82. The van der Waals surface area contributed by atoms with Crippen LogP contribution in [0.25, 0.3) is 11.3 Å². The third-order valence-corrected chi connectivity index (χ3v) is 3.55. The van der Waals surface area contributed by atoms with E-state index >= 15 is 0 Å². The number of hydrogen-bond donors (Lipinski definition) is 0. The van der Waals surface area contributed by atoms with Gasteiger partial charge in [0.05, 0.1) is 6.54 Å². The maximum atomic E-state index is 6.39. The van der Waals surface area contributed by atoms with Crippen molar-refractivity contribution in [2.45, 2.75) is 13.5 Å². The van der Waals surface area contributed by atoms with Gasteiger partial charge in [0.1, 0.15) is 5.69 Å². The average Bonchev–Trinajstić information content (AvgIpc) is 2.83. The Morgan fingerprint density at radius 3 is 2.40 bits per heavy atom.